The van der Waals surface area contributed by atoms with Gasteiger partial charge in [0.05, 0.1) is 22.3 Å². The SMILES string of the molecule is CC.O=c1[nH]c2cc(C(F)(F)F)ccc2n1C1=C(O)C=CCC(Cl)=C1. The lowest BCUT2D eigenvalue weighted by Crippen LogP contribution is -2.16. The van der Waals surface area contributed by atoms with E-state index < -0.39 is 17.4 Å². The van der Waals surface area contributed by atoms with E-state index in [-0.39, 0.29) is 22.5 Å². The monoisotopic (exact) mass is 372 g/mol. The summed E-state index contributed by atoms with van der Waals surface area (Å²) in [5, 5.41) is 10.4. The molecule has 0 amide bonds. The number of aromatic amines is 1. The molecule has 0 saturated heterocycles. The van der Waals surface area contributed by atoms with E-state index >= 15 is 0 Å². The molecule has 0 radical (unpaired) electrons. The van der Waals surface area contributed by atoms with Gasteiger partial charge in [-0.1, -0.05) is 31.5 Å². The number of aliphatic hydroxyl groups is 1. The lowest BCUT2D eigenvalue weighted by Gasteiger charge is -2.08. The molecule has 2 aromatic rings. The van der Waals surface area contributed by atoms with Crippen molar-refractivity contribution in [3.8, 4) is 0 Å². The molecule has 0 saturated carbocycles. The predicted molar refractivity (Wildman–Crippen MR) is 92.4 cm³/mol. The number of hydrogen-bond donors (Lipinski definition) is 2. The Labute approximate surface area is 146 Å². The lowest BCUT2D eigenvalue weighted by molar-refractivity contribution is -0.137. The summed E-state index contributed by atoms with van der Waals surface area (Å²) in [6, 6.07) is 2.90. The predicted octanol–water partition coefficient (Wildman–Crippen LogP) is 5.18. The highest BCUT2D eigenvalue weighted by Crippen LogP contribution is 2.31. The van der Waals surface area contributed by atoms with Gasteiger partial charge < -0.3 is 10.1 Å². The standard InChI is InChI=1S/C15H10ClF3N2O2.C2H6/c16-9-2-1-3-13(22)12(7-9)21-11-5-4-8(15(17,18)19)6-10(11)20-14(21)23;1-2/h1,3-7,22H,2H2,(H,20,23);1-2H3. The van der Waals surface area contributed by atoms with Crippen LogP contribution in [0.3, 0.4) is 0 Å². The van der Waals surface area contributed by atoms with Crippen molar-refractivity contribution >= 4 is 28.3 Å². The first-order valence-corrected chi connectivity index (χ1v) is 7.93. The topological polar surface area (TPSA) is 58.0 Å². The molecule has 3 rings (SSSR count). The molecule has 0 fully saturated rings. The number of H-pyrrole nitrogens is 1. The third-order valence-electron chi connectivity index (χ3n) is 3.39. The van der Waals surface area contributed by atoms with Gasteiger partial charge in [0.15, 0.2) is 0 Å². The third kappa shape index (κ3) is 3.82. The van der Waals surface area contributed by atoms with E-state index in [1.54, 1.807) is 6.08 Å². The highest BCUT2D eigenvalue weighted by atomic mass is 35.5. The first-order chi connectivity index (χ1) is 11.8. The van der Waals surface area contributed by atoms with Crippen molar-refractivity contribution in [2.45, 2.75) is 26.4 Å². The summed E-state index contributed by atoms with van der Waals surface area (Å²) in [5.41, 5.74) is -1.22. The van der Waals surface area contributed by atoms with Gasteiger partial charge >= 0.3 is 11.9 Å². The Hall–Kier alpha value is -2.41. The van der Waals surface area contributed by atoms with Crippen LogP contribution in [-0.2, 0) is 6.18 Å². The van der Waals surface area contributed by atoms with Gasteiger partial charge in [-0.05, 0) is 30.4 Å². The van der Waals surface area contributed by atoms with Crippen molar-refractivity contribution in [1.29, 1.82) is 0 Å². The van der Waals surface area contributed by atoms with Crippen LogP contribution in [0.4, 0.5) is 13.2 Å². The van der Waals surface area contributed by atoms with Crippen molar-refractivity contribution in [2.24, 2.45) is 0 Å². The van der Waals surface area contributed by atoms with E-state index in [0.717, 1.165) is 16.7 Å². The van der Waals surface area contributed by atoms with Gasteiger partial charge in [-0.15, -0.1) is 0 Å². The van der Waals surface area contributed by atoms with Gasteiger partial charge in [0, 0.05) is 11.5 Å². The average molecular weight is 373 g/mol. The maximum Gasteiger partial charge on any atom is 0.416 e. The van der Waals surface area contributed by atoms with Crippen molar-refractivity contribution in [3.05, 3.63) is 63.3 Å². The summed E-state index contributed by atoms with van der Waals surface area (Å²) in [5.74, 6) is -0.205. The van der Waals surface area contributed by atoms with E-state index in [1.165, 1.54) is 18.2 Å². The Morgan fingerprint density at radius 2 is 1.96 bits per heavy atom. The number of imidazole rings is 1. The molecule has 2 N–H and O–H groups in total. The number of aromatic nitrogens is 2. The Bertz CT molecular complexity index is 933. The van der Waals surface area contributed by atoms with Crippen LogP contribution in [0.15, 0.2) is 52.0 Å². The minimum absolute atomic E-state index is 0.0165. The number of aliphatic hydroxyl groups excluding tert-OH is 1. The number of benzene rings is 1. The number of rotatable bonds is 1. The van der Waals surface area contributed by atoms with Crippen LogP contribution in [-0.4, -0.2) is 14.7 Å². The molecule has 1 heterocycles. The molecule has 0 spiro atoms. The molecule has 25 heavy (non-hydrogen) atoms. The Balaban J connectivity index is 0.00000109. The van der Waals surface area contributed by atoms with Gasteiger partial charge in [-0.3, -0.25) is 4.57 Å². The highest BCUT2D eigenvalue weighted by molar-refractivity contribution is 6.30. The zero-order chi connectivity index (χ0) is 18.8. The first kappa shape index (κ1) is 18.9. The van der Waals surface area contributed by atoms with Crippen LogP contribution >= 0.6 is 11.6 Å². The van der Waals surface area contributed by atoms with Gasteiger partial charge in [-0.25, -0.2) is 4.79 Å². The third-order valence-corrected chi connectivity index (χ3v) is 3.66. The van der Waals surface area contributed by atoms with Crippen LogP contribution < -0.4 is 5.69 Å². The second-order valence-corrected chi connectivity index (χ2v) is 5.45. The van der Waals surface area contributed by atoms with Crippen molar-refractivity contribution in [1.82, 2.24) is 9.55 Å². The zero-order valence-electron chi connectivity index (χ0n) is 13.5. The van der Waals surface area contributed by atoms with Crippen LogP contribution in [0.2, 0.25) is 0 Å². The second kappa shape index (κ2) is 7.23. The molecule has 0 unspecified atom stereocenters. The fourth-order valence-corrected chi connectivity index (χ4v) is 2.55. The van der Waals surface area contributed by atoms with E-state index in [2.05, 4.69) is 4.98 Å². The second-order valence-electron chi connectivity index (χ2n) is 4.96. The maximum absolute atomic E-state index is 12.8. The van der Waals surface area contributed by atoms with E-state index in [9.17, 15) is 23.1 Å². The number of nitrogens with zero attached hydrogens (tertiary/aromatic N) is 1. The minimum Gasteiger partial charge on any atom is -0.506 e. The van der Waals surface area contributed by atoms with Crippen LogP contribution in [0, 0.1) is 0 Å². The van der Waals surface area contributed by atoms with Crippen molar-refractivity contribution in [2.75, 3.05) is 0 Å². The summed E-state index contributed by atoms with van der Waals surface area (Å²) in [4.78, 5) is 14.5. The van der Waals surface area contributed by atoms with Gasteiger partial charge in [0.1, 0.15) is 5.76 Å². The summed E-state index contributed by atoms with van der Waals surface area (Å²) in [6.45, 7) is 4.00. The van der Waals surface area contributed by atoms with Gasteiger partial charge in [0.2, 0.25) is 0 Å². The highest BCUT2D eigenvalue weighted by Gasteiger charge is 2.31. The molecule has 0 atom stereocenters. The van der Waals surface area contributed by atoms with E-state index in [1.807, 2.05) is 13.8 Å². The largest absolute Gasteiger partial charge is 0.506 e. The number of halogens is 4. The number of fused-ring (bicyclic) bond motifs is 1. The van der Waals surface area contributed by atoms with Crippen molar-refractivity contribution < 1.29 is 18.3 Å². The number of hydrogen-bond acceptors (Lipinski definition) is 2. The molecule has 8 heteroatoms. The molecule has 4 nitrogen and oxygen atoms in total. The average Bonchev–Trinajstić information content (AvgIpc) is 2.78. The molecule has 134 valence electrons. The molecule has 1 aromatic heterocycles. The fraction of sp³-hybridized carbons (Fsp3) is 0.235. The van der Waals surface area contributed by atoms with Crippen LogP contribution in [0.5, 0.6) is 0 Å². The lowest BCUT2D eigenvalue weighted by atomic mass is 10.2. The Morgan fingerprint density at radius 1 is 1.28 bits per heavy atom. The van der Waals surface area contributed by atoms with Gasteiger partial charge in [-0.2, -0.15) is 13.2 Å². The summed E-state index contributed by atoms with van der Waals surface area (Å²) in [7, 11) is 0. The quantitative estimate of drug-likeness (QED) is 0.724. The normalized spacial score (nSPS) is 14.9. The number of alkyl halides is 3. The van der Waals surface area contributed by atoms with E-state index in [4.69, 9.17) is 11.6 Å². The molecule has 0 aliphatic heterocycles. The van der Waals surface area contributed by atoms with Crippen LogP contribution in [0.1, 0.15) is 25.8 Å². The number of allylic oxidation sites excluding steroid dienone is 5. The molecule has 1 aliphatic rings. The first-order valence-electron chi connectivity index (χ1n) is 7.55. The Kier molecular flexibility index (Phi) is 5.47. The summed E-state index contributed by atoms with van der Waals surface area (Å²) >= 11 is 5.98. The van der Waals surface area contributed by atoms with Crippen molar-refractivity contribution in [3.63, 3.8) is 0 Å². The summed E-state index contributed by atoms with van der Waals surface area (Å²) < 4.78 is 39.4. The summed E-state index contributed by atoms with van der Waals surface area (Å²) in [6.07, 6.45) is 0.274. The van der Waals surface area contributed by atoms with Crippen LogP contribution in [0.25, 0.3) is 16.7 Å². The minimum atomic E-state index is -4.51. The molecular formula is C17H16ClF3N2O2. The Morgan fingerprint density at radius 3 is 2.60 bits per heavy atom. The molecular weight excluding hydrogens is 357 g/mol. The smallest absolute Gasteiger partial charge is 0.416 e. The van der Waals surface area contributed by atoms with Gasteiger partial charge in [0.25, 0.3) is 0 Å². The zero-order valence-corrected chi connectivity index (χ0v) is 14.2. The maximum atomic E-state index is 12.8. The molecule has 1 aromatic carbocycles. The fourth-order valence-electron chi connectivity index (χ4n) is 2.36. The number of nitrogens with one attached hydrogen (secondary N) is 1. The van der Waals surface area contributed by atoms with E-state index in [0.29, 0.717) is 11.5 Å². The molecule has 0 bridgehead atoms. The molecule has 1 aliphatic carbocycles.